The van der Waals surface area contributed by atoms with Crippen LogP contribution in [0.5, 0.6) is 0 Å². The zero-order valence-electron chi connectivity index (χ0n) is 22.6. The van der Waals surface area contributed by atoms with Crippen molar-refractivity contribution in [1.82, 2.24) is 5.32 Å². The minimum absolute atomic E-state index is 0.269. The first kappa shape index (κ1) is 34.3. The molecule has 0 aromatic heterocycles. The van der Waals surface area contributed by atoms with Crippen LogP contribution in [-0.4, -0.2) is 41.9 Å². The normalized spacial score (nSPS) is 14.4. The van der Waals surface area contributed by atoms with Crippen LogP contribution >= 0.6 is 0 Å². The SMILES string of the molecule is CCC/C=C\C/C=C\CCCCCCCC(=O)NC(CS(=O)(=O)O)C(O)/C=C/CC/C=C/CCCC. The number of aliphatic hydroxyl groups is 1. The molecule has 0 aliphatic rings. The fraction of sp³-hybridized carbons (Fsp3) is 0.690. The Bertz CT molecular complexity index is 756. The van der Waals surface area contributed by atoms with Gasteiger partial charge in [-0.25, -0.2) is 0 Å². The molecule has 0 aromatic rings. The predicted octanol–water partition coefficient (Wildman–Crippen LogP) is 6.84. The fourth-order valence-electron chi connectivity index (χ4n) is 3.60. The van der Waals surface area contributed by atoms with E-state index in [1.807, 2.05) is 0 Å². The fourth-order valence-corrected chi connectivity index (χ4v) is 4.34. The van der Waals surface area contributed by atoms with Crippen molar-refractivity contribution in [2.24, 2.45) is 0 Å². The van der Waals surface area contributed by atoms with Gasteiger partial charge in [0, 0.05) is 6.42 Å². The van der Waals surface area contributed by atoms with Gasteiger partial charge in [-0.1, -0.05) is 101 Å². The quantitative estimate of drug-likeness (QED) is 0.0770. The highest BCUT2D eigenvalue weighted by Gasteiger charge is 2.24. The van der Waals surface area contributed by atoms with Crippen LogP contribution in [0.3, 0.4) is 0 Å². The van der Waals surface area contributed by atoms with Gasteiger partial charge < -0.3 is 10.4 Å². The highest BCUT2D eigenvalue weighted by atomic mass is 32.2. The number of aliphatic hydroxyl groups excluding tert-OH is 1. The molecule has 0 aromatic carbocycles. The summed E-state index contributed by atoms with van der Waals surface area (Å²) in [5.41, 5.74) is 0. The second-order valence-corrected chi connectivity index (χ2v) is 10.8. The molecule has 6 nitrogen and oxygen atoms in total. The first-order valence-corrected chi connectivity index (χ1v) is 15.4. The maximum atomic E-state index is 12.3. The van der Waals surface area contributed by atoms with Crippen molar-refractivity contribution < 1.29 is 22.9 Å². The van der Waals surface area contributed by atoms with Crippen molar-refractivity contribution in [1.29, 1.82) is 0 Å². The van der Waals surface area contributed by atoms with Gasteiger partial charge in [0.15, 0.2) is 0 Å². The summed E-state index contributed by atoms with van der Waals surface area (Å²) in [7, 11) is -4.34. The van der Waals surface area contributed by atoms with Crippen molar-refractivity contribution >= 4 is 16.0 Å². The Morgan fingerprint density at radius 1 is 0.750 bits per heavy atom. The molecule has 0 bridgehead atoms. The van der Waals surface area contributed by atoms with Gasteiger partial charge in [0.25, 0.3) is 10.1 Å². The Morgan fingerprint density at radius 2 is 1.33 bits per heavy atom. The van der Waals surface area contributed by atoms with Crippen molar-refractivity contribution in [3.8, 4) is 0 Å². The maximum Gasteiger partial charge on any atom is 0.267 e. The predicted molar refractivity (Wildman–Crippen MR) is 152 cm³/mol. The molecule has 0 heterocycles. The average molecular weight is 526 g/mol. The van der Waals surface area contributed by atoms with E-state index >= 15 is 0 Å². The Balaban J connectivity index is 4.20. The summed E-state index contributed by atoms with van der Waals surface area (Å²) < 4.78 is 32.0. The van der Waals surface area contributed by atoms with Gasteiger partial charge in [0.2, 0.25) is 5.91 Å². The van der Waals surface area contributed by atoms with Gasteiger partial charge in [-0.2, -0.15) is 8.42 Å². The van der Waals surface area contributed by atoms with Gasteiger partial charge in [0.05, 0.1) is 17.9 Å². The second-order valence-electron chi connectivity index (χ2n) is 9.31. The topological polar surface area (TPSA) is 104 Å². The first-order valence-electron chi connectivity index (χ1n) is 13.8. The lowest BCUT2D eigenvalue weighted by Crippen LogP contribution is -2.46. The van der Waals surface area contributed by atoms with E-state index in [0.717, 1.165) is 70.6 Å². The third kappa shape index (κ3) is 24.0. The molecule has 0 saturated heterocycles. The zero-order chi connectivity index (χ0) is 26.9. The van der Waals surface area contributed by atoms with E-state index in [9.17, 15) is 22.9 Å². The lowest BCUT2D eigenvalue weighted by atomic mass is 10.1. The molecule has 3 N–H and O–H groups in total. The molecule has 7 heteroatoms. The second kappa shape index (κ2) is 23.7. The van der Waals surface area contributed by atoms with Crippen LogP contribution in [0.25, 0.3) is 0 Å². The molecular formula is C29H51NO5S. The molecular weight excluding hydrogens is 474 g/mol. The van der Waals surface area contributed by atoms with Gasteiger partial charge >= 0.3 is 0 Å². The molecule has 2 unspecified atom stereocenters. The van der Waals surface area contributed by atoms with Crippen molar-refractivity contribution in [2.75, 3.05) is 5.75 Å². The Morgan fingerprint density at radius 3 is 2.03 bits per heavy atom. The molecule has 0 saturated carbocycles. The molecule has 36 heavy (non-hydrogen) atoms. The molecule has 1 amide bonds. The highest BCUT2D eigenvalue weighted by molar-refractivity contribution is 7.85. The maximum absolute atomic E-state index is 12.3. The minimum atomic E-state index is -4.34. The summed E-state index contributed by atoms with van der Waals surface area (Å²) in [6, 6.07) is -1.08. The highest BCUT2D eigenvalue weighted by Crippen LogP contribution is 2.09. The first-order chi connectivity index (χ1) is 17.3. The molecule has 208 valence electrons. The van der Waals surface area contributed by atoms with E-state index in [0.29, 0.717) is 12.8 Å². The molecule has 2 atom stereocenters. The molecule has 0 aliphatic carbocycles. The van der Waals surface area contributed by atoms with E-state index in [1.54, 1.807) is 6.08 Å². The number of unbranched alkanes of at least 4 members (excludes halogenated alkanes) is 9. The van der Waals surface area contributed by atoms with Crippen LogP contribution in [0, 0.1) is 0 Å². The monoisotopic (exact) mass is 525 g/mol. The van der Waals surface area contributed by atoms with E-state index in [2.05, 4.69) is 55.6 Å². The number of nitrogens with one attached hydrogen (secondary N) is 1. The third-order valence-electron chi connectivity index (χ3n) is 5.71. The number of hydrogen-bond acceptors (Lipinski definition) is 4. The Labute approximate surface area is 220 Å². The van der Waals surface area contributed by atoms with E-state index in [-0.39, 0.29) is 12.3 Å². The summed E-state index contributed by atoms with van der Waals surface area (Å²) in [5.74, 6) is -1.03. The van der Waals surface area contributed by atoms with Gasteiger partial charge in [-0.15, -0.1) is 0 Å². The molecule has 0 fully saturated rings. The number of rotatable bonds is 23. The molecule has 0 aliphatic heterocycles. The van der Waals surface area contributed by atoms with Gasteiger partial charge in [0.1, 0.15) is 0 Å². The van der Waals surface area contributed by atoms with Gasteiger partial charge in [-0.05, 0) is 51.4 Å². The summed E-state index contributed by atoms with van der Waals surface area (Å²) in [4.78, 5) is 12.3. The number of hydrogen-bond donors (Lipinski definition) is 3. The van der Waals surface area contributed by atoms with Crippen molar-refractivity contribution in [3.63, 3.8) is 0 Å². The lowest BCUT2D eigenvalue weighted by molar-refractivity contribution is -0.122. The van der Waals surface area contributed by atoms with Crippen molar-refractivity contribution in [2.45, 2.75) is 122 Å². The molecule has 0 spiro atoms. The third-order valence-corrected chi connectivity index (χ3v) is 6.49. The van der Waals surface area contributed by atoms with Crippen LogP contribution in [0.1, 0.15) is 110 Å². The molecule has 0 rings (SSSR count). The standard InChI is InChI=1S/C29H51NO5S/c1-3-5-7-9-11-13-14-15-16-17-19-21-23-25-29(32)30-27(26-36(33,34)35)28(31)24-22-20-18-12-10-8-6-4-2/h7,9-10,12-14,22,24,27-28,31H,3-6,8,11,15-21,23,25-26H2,1-2H3,(H,30,32)(H,33,34,35)/b9-7-,12-10+,14-13-,24-22+. The average Bonchev–Trinajstić information content (AvgIpc) is 2.82. The van der Waals surface area contributed by atoms with E-state index in [4.69, 9.17) is 0 Å². The summed E-state index contributed by atoms with van der Waals surface area (Å²) >= 11 is 0. The van der Waals surface area contributed by atoms with Crippen molar-refractivity contribution in [3.05, 3.63) is 48.6 Å². The lowest BCUT2D eigenvalue weighted by Gasteiger charge is -2.21. The molecule has 0 radical (unpaired) electrons. The van der Waals surface area contributed by atoms with Crippen LogP contribution < -0.4 is 5.32 Å². The smallest absolute Gasteiger partial charge is 0.267 e. The zero-order valence-corrected chi connectivity index (χ0v) is 23.4. The number of carbonyl (C=O) groups is 1. The largest absolute Gasteiger partial charge is 0.387 e. The van der Waals surface area contributed by atoms with E-state index < -0.39 is 28.0 Å². The number of allylic oxidation sites excluding steroid dienone is 7. The summed E-state index contributed by atoms with van der Waals surface area (Å²) in [5, 5.41) is 13.0. The Hall–Kier alpha value is -1.70. The van der Waals surface area contributed by atoms with Crippen LogP contribution in [-0.2, 0) is 14.9 Å². The Kier molecular flexibility index (Phi) is 22.6. The van der Waals surface area contributed by atoms with E-state index in [1.165, 1.54) is 12.5 Å². The van der Waals surface area contributed by atoms with Crippen LogP contribution in [0.2, 0.25) is 0 Å². The van der Waals surface area contributed by atoms with Crippen LogP contribution in [0.4, 0.5) is 0 Å². The number of amides is 1. The number of carbonyl (C=O) groups excluding carboxylic acids is 1. The summed E-state index contributed by atoms with van der Waals surface area (Å²) in [6.07, 6.45) is 29.7. The minimum Gasteiger partial charge on any atom is -0.387 e. The van der Waals surface area contributed by atoms with Gasteiger partial charge in [-0.3, -0.25) is 9.35 Å². The van der Waals surface area contributed by atoms with Crippen LogP contribution in [0.15, 0.2) is 48.6 Å². The summed E-state index contributed by atoms with van der Waals surface area (Å²) in [6.45, 7) is 4.32.